The molecule has 0 bridgehead atoms. The number of nitrogens with one attached hydrogen (secondary N) is 3. The van der Waals surface area contributed by atoms with Gasteiger partial charge in [-0.15, -0.1) is 0 Å². The Balaban J connectivity index is 1.61. The molecule has 0 aliphatic carbocycles. The number of non-ortho nitro benzene ring substituents is 1. The van der Waals surface area contributed by atoms with Crippen molar-refractivity contribution < 1.29 is 9.72 Å². The summed E-state index contributed by atoms with van der Waals surface area (Å²) in [6.07, 6.45) is 3.21. The molecule has 1 heterocycles. The Morgan fingerprint density at radius 1 is 1.27 bits per heavy atom. The Labute approximate surface area is 129 Å². The van der Waals surface area contributed by atoms with E-state index in [1.807, 2.05) is 0 Å². The SMILES string of the molecule is O=C(CCCNc1ccc([N+](=O)[O-])cc1)NC1CCNCC1. The largest absolute Gasteiger partial charge is 0.385 e. The summed E-state index contributed by atoms with van der Waals surface area (Å²) in [5.41, 5.74) is 0.899. The van der Waals surface area contributed by atoms with Gasteiger partial charge in [-0.05, 0) is 44.5 Å². The van der Waals surface area contributed by atoms with Crippen LogP contribution in [0.3, 0.4) is 0 Å². The van der Waals surface area contributed by atoms with E-state index in [1.165, 1.54) is 12.1 Å². The molecular formula is C15H22N4O3. The first-order valence-corrected chi connectivity index (χ1v) is 7.63. The molecule has 22 heavy (non-hydrogen) atoms. The van der Waals surface area contributed by atoms with Crippen LogP contribution >= 0.6 is 0 Å². The molecule has 1 amide bonds. The number of hydrogen-bond donors (Lipinski definition) is 3. The van der Waals surface area contributed by atoms with Crippen molar-refractivity contribution in [2.24, 2.45) is 0 Å². The standard InChI is InChI=1S/C15H22N4O3/c20-15(18-13-7-10-16-11-8-13)2-1-9-17-12-3-5-14(6-4-12)19(21)22/h3-6,13,16-17H,1-2,7-11H2,(H,18,20). The van der Waals surface area contributed by atoms with E-state index in [4.69, 9.17) is 0 Å². The maximum Gasteiger partial charge on any atom is 0.269 e. The molecule has 1 aromatic carbocycles. The summed E-state index contributed by atoms with van der Waals surface area (Å²) in [5.74, 6) is 0.0948. The molecule has 0 spiro atoms. The van der Waals surface area contributed by atoms with Crippen LogP contribution in [0.2, 0.25) is 0 Å². The van der Waals surface area contributed by atoms with Gasteiger partial charge in [-0.1, -0.05) is 0 Å². The minimum atomic E-state index is -0.422. The van der Waals surface area contributed by atoms with E-state index in [9.17, 15) is 14.9 Å². The number of carbonyl (C=O) groups is 1. The molecule has 7 heteroatoms. The van der Waals surface area contributed by atoms with Gasteiger partial charge in [0.2, 0.25) is 5.91 Å². The van der Waals surface area contributed by atoms with Crippen molar-refractivity contribution in [3.8, 4) is 0 Å². The summed E-state index contributed by atoms with van der Waals surface area (Å²) in [4.78, 5) is 21.9. The molecule has 1 aliphatic heterocycles. The number of amides is 1. The van der Waals surface area contributed by atoms with E-state index in [0.29, 0.717) is 19.0 Å². The number of piperidine rings is 1. The fraction of sp³-hybridized carbons (Fsp3) is 0.533. The summed E-state index contributed by atoms with van der Waals surface area (Å²) in [5, 5.41) is 20.0. The number of benzene rings is 1. The van der Waals surface area contributed by atoms with Crippen molar-refractivity contribution in [1.82, 2.24) is 10.6 Å². The lowest BCUT2D eigenvalue weighted by molar-refractivity contribution is -0.384. The number of nitrogens with zero attached hydrogens (tertiary/aromatic N) is 1. The van der Waals surface area contributed by atoms with Gasteiger partial charge in [-0.2, -0.15) is 0 Å². The zero-order chi connectivity index (χ0) is 15.8. The number of anilines is 1. The second-order valence-electron chi connectivity index (χ2n) is 5.43. The predicted molar refractivity (Wildman–Crippen MR) is 84.9 cm³/mol. The normalized spacial score (nSPS) is 15.3. The van der Waals surface area contributed by atoms with Crippen LogP contribution in [0.5, 0.6) is 0 Å². The van der Waals surface area contributed by atoms with Crippen LogP contribution in [0.25, 0.3) is 0 Å². The maximum absolute atomic E-state index is 11.8. The molecule has 0 unspecified atom stereocenters. The highest BCUT2D eigenvalue weighted by molar-refractivity contribution is 5.76. The first kappa shape index (κ1) is 16.2. The number of nitro benzene ring substituents is 1. The third kappa shape index (κ3) is 5.33. The van der Waals surface area contributed by atoms with Gasteiger partial charge in [0, 0.05) is 36.8 Å². The lowest BCUT2D eigenvalue weighted by atomic mass is 10.1. The molecule has 1 aliphatic rings. The monoisotopic (exact) mass is 306 g/mol. The zero-order valence-electron chi connectivity index (χ0n) is 12.5. The third-order valence-electron chi connectivity index (χ3n) is 3.69. The van der Waals surface area contributed by atoms with E-state index < -0.39 is 4.92 Å². The molecule has 1 aromatic rings. The Morgan fingerprint density at radius 3 is 2.59 bits per heavy atom. The van der Waals surface area contributed by atoms with E-state index in [2.05, 4.69) is 16.0 Å². The second kappa shape index (κ2) is 8.33. The molecule has 1 fully saturated rings. The van der Waals surface area contributed by atoms with Crippen molar-refractivity contribution in [2.75, 3.05) is 25.0 Å². The Kier molecular flexibility index (Phi) is 6.14. The quantitative estimate of drug-likeness (QED) is 0.404. The van der Waals surface area contributed by atoms with Crippen LogP contribution < -0.4 is 16.0 Å². The van der Waals surface area contributed by atoms with Crippen molar-refractivity contribution in [1.29, 1.82) is 0 Å². The van der Waals surface area contributed by atoms with Crippen LogP contribution in [0.15, 0.2) is 24.3 Å². The zero-order valence-corrected chi connectivity index (χ0v) is 12.5. The van der Waals surface area contributed by atoms with Gasteiger partial charge in [0.25, 0.3) is 5.69 Å². The summed E-state index contributed by atoms with van der Waals surface area (Å²) >= 11 is 0. The number of hydrogen-bond acceptors (Lipinski definition) is 5. The van der Waals surface area contributed by atoms with E-state index in [-0.39, 0.29) is 11.6 Å². The summed E-state index contributed by atoms with van der Waals surface area (Å²) in [7, 11) is 0. The number of nitro groups is 1. The van der Waals surface area contributed by atoms with Crippen molar-refractivity contribution in [3.05, 3.63) is 34.4 Å². The molecule has 120 valence electrons. The van der Waals surface area contributed by atoms with Crippen molar-refractivity contribution in [3.63, 3.8) is 0 Å². The Morgan fingerprint density at radius 2 is 1.95 bits per heavy atom. The van der Waals surface area contributed by atoms with Crippen LogP contribution in [0.1, 0.15) is 25.7 Å². The fourth-order valence-corrected chi connectivity index (χ4v) is 2.45. The molecule has 0 saturated carbocycles. The average molecular weight is 306 g/mol. The van der Waals surface area contributed by atoms with Gasteiger partial charge in [-0.25, -0.2) is 0 Å². The number of carbonyl (C=O) groups excluding carboxylic acids is 1. The third-order valence-corrected chi connectivity index (χ3v) is 3.69. The number of rotatable bonds is 7. The summed E-state index contributed by atoms with van der Waals surface area (Å²) < 4.78 is 0. The molecule has 0 aromatic heterocycles. The molecule has 3 N–H and O–H groups in total. The highest BCUT2D eigenvalue weighted by Gasteiger charge is 2.14. The topological polar surface area (TPSA) is 96.3 Å². The first-order chi connectivity index (χ1) is 10.6. The van der Waals surface area contributed by atoms with Gasteiger partial charge in [0.1, 0.15) is 0 Å². The fourth-order valence-electron chi connectivity index (χ4n) is 2.45. The smallest absolute Gasteiger partial charge is 0.269 e. The van der Waals surface area contributed by atoms with Crippen molar-refractivity contribution >= 4 is 17.3 Å². The lowest BCUT2D eigenvalue weighted by Crippen LogP contribution is -2.42. The minimum Gasteiger partial charge on any atom is -0.385 e. The van der Waals surface area contributed by atoms with Crippen LogP contribution in [0, 0.1) is 10.1 Å². The summed E-state index contributed by atoms with van der Waals surface area (Å²) in [6, 6.07) is 6.58. The molecule has 0 atom stereocenters. The highest BCUT2D eigenvalue weighted by Crippen LogP contribution is 2.15. The van der Waals surface area contributed by atoms with Gasteiger partial charge >= 0.3 is 0 Å². The van der Waals surface area contributed by atoms with Gasteiger partial charge in [0.15, 0.2) is 0 Å². The molecule has 7 nitrogen and oxygen atoms in total. The Bertz CT molecular complexity index is 498. The van der Waals surface area contributed by atoms with Gasteiger partial charge in [0.05, 0.1) is 4.92 Å². The van der Waals surface area contributed by atoms with Crippen LogP contribution in [-0.2, 0) is 4.79 Å². The molecule has 0 radical (unpaired) electrons. The second-order valence-corrected chi connectivity index (χ2v) is 5.43. The first-order valence-electron chi connectivity index (χ1n) is 7.63. The van der Waals surface area contributed by atoms with E-state index in [1.54, 1.807) is 12.1 Å². The van der Waals surface area contributed by atoms with E-state index >= 15 is 0 Å². The average Bonchev–Trinajstić information content (AvgIpc) is 2.53. The van der Waals surface area contributed by atoms with Crippen LogP contribution in [0.4, 0.5) is 11.4 Å². The predicted octanol–water partition coefficient (Wildman–Crippen LogP) is 1.66. The molecular weight excluding hydrogens is 284 g/mol. The van der Waals surface area contributed by atoms with Gasteiger partial charge < -0.3 is 16.0 Å². The lowest BCUT2D eigenvalue weighted by Gasteiger charge is -2.23. The molecule has 1 saturated heterocycles. The van der Waals surface area contributed by atoms with E-state index in [0.717, 1.165) is 38.0 Å². The highest BCUT2D eigenvalue weighted by atomic mass is 16.6. The molecule has 2 rings (SSSR count). The minimum absolute atomic E-state index is 0.0758. The van der Waals surface area contributed by atoms with Gasteiger partial charge in [-0.3, -0.25) is 14.9 Å². The Hall–Kier alpha value is -2.15. The maximum atomic E-state index is 11.8. The summed E-state index contributed by atoms with van der Waals surface area (Å²) in [6.45, 7) is 2.59. The van der Waals surface area contributed by atoms with Crippen molar-refractivity contribution in [2.45, 2.75) is 31.7 Å². The van der Waals surface area contributed by atoms with Crippen LogP contribution in [-0.4, -0.2) is 36.5 Å².